The van der Waals surface area contributed by atoms with Crippen LogP contribution in [-0.2, 0) is 9.36 Å². The summed E-state index contributed by atoms with van der Waals surface area (Å²) in [5.74, 6) is -0.793. The lowest BCUT2D eigenvalue weighted by Gasteiger charge is -2.32. The van der Waals surface area contributed by atoms with E-state index < -0.39 is 19.2 Å². The second-order valence-electron chi connectivity index (χ2n) is 11.7. The SMILES string of the molecule is O=C(Nc1cc2ccccc2cc1C(=O)N1CCC(c2c[nH]c3ccccc23)CC1)C(c1cccc2ccccc12)P(=O)(O)O. The molecule has 9 heteroatoms. The summed E-state index contributed by atoms with van der Waals surface area (Å²) < 4.78 is 12.9. The second kappa shape index (κ2) is 11.6. The van der Waals surface area contributed by atoms with Gasteiger partial charge in [-0.05, 0) is 69.6 Å². The Labute approximate surface area is 259 Å². The van der Waals surface area contributed by atoms with E-state index in [1.165, 1.54) is 10.9 Å². The largest absolute Gasteiger partial charge is 0.361 e. The molecule has 45 heavy (non-hydrogen) atoms. The highest BCUT2D eigenvalue weighted by Crippen LogP contribution is 2.53. The Balaban J connectivity index is 1.20. The number of amides is 2. The summed E-state index contributed by atoms with van der Waals surface area (Å²) in [6.45, 7) is 1.09. The van der Waals surface area contributed by atoms with Crippen molar-refractivity contribution in [1.29, 1.82) is 0 Å². The number of aromatic nitrogens is 1. The van der Waals surface area contributed by atoms with Crippen molar-refractivity contribution in [2.24, 2.45) is 0 Å². The lowest BCUT2D eigenvalue weighted by Crippen LogP contribution is -2.38. The number of nitrogens with one attached hydrogen (secondary N) is 2. The molecule has 0 saturated carbocycles. The molecule has 1 atom stereocenters. The van der Waals surface area contributed by atoms with E-state index in [2.05, 4.69) is 28.6 Å². The van der Waals surface area contributed by atoms with E-state index in [-0.39, 0.29) is 22.7 Å². The summed E-state index contributed by atoms with van der Waals surface area (Å²) >= 11 is 0. The van der Waals surface area contributed by atoms with Crippen LogP contribution in [0.4, 0.5) is 5.69 Å². The molecule has 5 aromatic carbocycles. The number of nitrogens with zero attached hydrogens (tertiary/aromatic N) is 1. The first-order valence-corrected chi connectivity index (χ1v) is 16.7. The van der Waals surface area contributed by atoms with Gasteiger partial charge in [0.05, 0.1) is 11.3 Å². The zero-order chi connectivity index (χ0) is 31.1. The number of benzene rings is 5. The number of hydrogen-bond acceptors (Lipinski definition) is 3. The molecule has 1 saturated heterocycles. The maximum absolute atomic E-state index is 14.1. The molecule has 0 bridgehead atoms. The van der Waals surface area contributed by atoms with Crippen molar-refractivity contribution in [3.05, 3.63) is 126 Å². The number of fused-ring (bicyclic) bond motifs is 3. The first kappa shape index (κ1) is 29.0. The van der Waals surface area contributed by atoms with Crippen LogP contribution in [0.2, 0.25) is 0 Å². The zero-order valence-electron chi connectivity index (χ0n) is 24.4. The van der Waals surface area contributed by atoms with Gasteiger partial charge in [0.1, 0.15) is 0 Å². The molecular weight excluding hydrogens is 585 g/mol. The predicted molar refractivity (Wildman–Crippen MR) is 177 cm³/mol. The first-order valence-electron chi connectivity index (χ1n) is 15.0. The van der Waals surface area contributed by atoms with Gasteiger partial charge in [-0.1, -0.05) is 84.9 Å². The summed E-state index contributed by atoms with van der Waals surface area (Å²) in [6.07, 6.45) is 3.66. The van der Waals surface area contributed by atoms with Crippen LogP contribution >= 0.6 is 7.60 Å². The first-order chi connectivity index (χ1) is 21.8. The van der Waals surface area contributed by atoms with Crippen LogP contribution in [0.5, 0.6) is 0 Å². The monoisotopic (exact) mass is 617 g/mol. The number of anilines is 1. The summed E-state index contributed by atoms with van der Waals surface area (Å²) in [5, 5.41) is 6.92. The maximum atomic E-state index is 14.1. The number of rotatable bonds is 6. The van der Waals surface area contributed by atoms with Crippen LogP contribution in [0.25, 0.3) is 32.4 Å². The maximum Gasteiger partial charge on any atom is 0.342 e. The van der Waals surface area contributed by atoms with Gasteiger partial charge < -0.3 is 25.0 Å². The molecule has 0 aliphatic carbocycles. The average molecular weight is 618 g/mol. The van der Waals surface area contributed by atoms with Gasteiger partial charge in [0.2, 0.25) is 5.91 Å². The van der Waals surface area contributed by atoms with E-state index in [0.29, 0.717) is 24.4 Å². The molecule has 2 amide bonds. The van der Waals surface area contributed by atoms with Gasteiger partial charge in [0.15, 0.2) is 5.66 Å². The van der Waals surface area contributed by atoms with Crippen LogP contribution in [0.1, 0.15) is 45.9 Å². The van der Waals surface area contributed by atoms with Crippen molar-refractivity contribution in [2.45, 2.75) is 24.4 Å². The van der Waals surface area contributed by atoms with E-state index in [1.54, 1.807) is 41.3 Å². The summed E-state index contributed by atoms with van der Waals surface area (Å²) in [4.78, 5) is 53.9. The van der Waals surface area contributed by atoms with Gasteiger partial charge in [-0.2, -0.15) is 0 Å². The van der Waals surface area contributed by atoms with Crippen molar-refractivity contribution >= 4 is 57.5 Å². The third kappa shape index (κ3) is 5.53. The molecule has 0 spiro atoms. The Morgan fingerprint density at radius 1 is 0.800 bits per heavy atom. The molecule has 1 fully saturated rings. The van der Waals surface area contributed by atoms with E-state index in [4.69, 9.17) is 0 Å². The molecule has 1 aliphatic heterocycles. The molecule has 0 radical (unpaired) electrons. The van der Waals surface area contributed by atoms with Crippen molar-refractivity contribution in [3.8, 4) is 0 Å². The predicted octanol–water partition coefficient (Wildman–Crippen LogP) is 7.35. The average Bonchev–Trinajstić information content (AvgIpc) is 3.48. The summed E-state index contributed by atoms with van der Waals surface area (Å²) in [5.41, 5.74) is 1.33. The van der Waals surface area contributed by atoms with Crippen molar-refractivity contribution < 1.29 is 23.9 Å². The van der Waals surface area contributed by atoms with Crippen LogP contribution in [-0.4, -0.2) is 44.6 Å². The number of H-pyrrole nitrogens is 1. The molecule has 6 aromatic rings. The second-order valence-corrected chi connectivity index (χ2v) is 13.3. The Morgan fingerprint density at radius 3 is 2.16 bits per heavy atom. The lowest BCUT2D eigenvalue weighted by molar-refractivity contribution is -0.116. The minimum Gasteiger partial charge on any atom is -0.361 e. The van der Waals surface area contributed by atoms with Crippen molar-refractivity contribution in [1.82, 2.24) is 9.88 Å². The zero-order valence-corrected chi connectivity index (χ0v) is 25.3. The van der Waals surface area contributed by atoms with Crippen molar-refractivity contribution in [3.63, 3.8) is 0 Å². The van der Waals surface area contributed by atoms with E-state index >= 15 is 0 Å². The Hall–Kier alpha value is -4.75. The number of carbonyl (C=O) groups excluding carboxylic acids is 2. The highest BCUT2D eigenvalue weighted by molar-refractivity contribution is 7.53. The highest BCUT2D eigenvalue weighted by Gasteiger charge is 2.39. The molecule has 2 heterocycles. The molecular formula is C36H32N3O5P. The third-order valence-electron chi connectivity index (χ3n) is 8.92. The minimum atomic E-state index is -4.97. The summed E-state index contributed by atoms with van der Waals surface area (Å²) in [6, 6.07) is 31.4. The highest BCUT2D eigenvalue weighted by atomic mass is 31.2. The van der Waals surface area contributed by atoms with Crippen LogP contribution in [0.15, 0.2) is 109 Å². The molecule has 8 nitrogen and oxygen atoms in total. The fourth-order valence-corrected chi connectivity index (χ4v) is 7.64. The smallest absolute Gasteiger partial charge is 0.342 e. The Kier molecular flexibility index (Phi) is 7.50. The molecule has 226 valence electrons. The number of aromatic amines is 1. The van der Waals surface area contributed by atoms with E-state index in [9.17, 15) is 23.9 Å². The van der Waals surface area contributed by atoms with E-state index in [0.717, 1.165) is 34.5 Å². The molecule has 1 aromatic heterocycles. The van der Waals surface area contributed by atoms with Gasteiger partial charge in [-0.15, -0.1) is 0 Å². The molecule has 1 aliphatic rings. The minimum absolute atomic E-state index is 0.223. The van der Waals surface area contributed by atoms with Gasteiger partial charge in [-0.3, -0.25) is 14.2 Å². The van der Waals surface area contributed by atoms with Gasteiger partial charge in [0, 0.05) is 30.2 Å². The van der Waals surface area contributed by atoms with Crippen LogP contribution < -0.4 is 5.32 Å². The number of likely N-dealkylation sites (tertiary alicyclic amines) is 1. The fraction of sp³-hybridized carbons (Fsp3) is 0.167. The molecule has 7 rings (SSSR count). The topological polar surface area (TPSA) is 123 Å². The van der Waals surface area contributed by atoms with Gasteiger partial charge >= 0.3 is 7.60 Å². The van der Waals surface area contributed by atoms with Crippen LogP contribution in [0.3, 0.4) is 0 Å². The Bertz CT molecular complexity index is 2120. The lowest BCUT2D eigenvalue weighted by atomic mass is 9.89. The third-order valence-corrected chi connectivity index (χ3v) is 10.1. The number of para-hydroxylation sites is 1. The van der Waals surface area contributed by atoms with Crippen LogP contribution in [0, 0.1) is 0 Å². The fourth-order valence-electron chi connectivity index (χ4n) is 6.68. The molecule has 1 unspecified atom stereocenters. The normalized spacial score (nSPS) is 15.0. The van der Waals surface area contributed by atoms with Crippen molar-refractivity contribution in [2.75, 3.05) is 18.4 Å². The van der Waals surface area contributed by atoms with E-state index in [1.807, 2.05) is 54.6 Å². The van der Waals surface area contributed by atoms with Gasteiger partial charge in [-0.25, -0.2) is 0 Å². The van der Waals surface area contributed by atoms with Gasteiger partial charge in [0.25, 0.3) is 5.91 Å². The quantitative estimate of drug-likeness (QED) is 0.146. The standard InChI is InChI=1S/C36H32N3O5P/c40-35(34(45(42,43)44)29-14-7-11-23-8-3-4-12-27(23)29)38-33-21-26-10-2-1-9-25(26)20-30(33)36(41)39-18-16-24(17-19-39)31-22-37-32-15-6-5-13-28(31)32/h1-15,20-22,24,34,37H,16-19H2,(H,38,40)(H2,42,43,44). The number of carbonyl (C=O) groups is 2. The Morgan fingerprint density at radius 2 is 1.42 bits per heavy atom. The number of hydrogen-bond donors (Lipinski definition) is 4. The number of piperidine rings is 1. The molecule has 4 N–H and O–H groups in total. The summed E-state index contributed by atoms with van der Waals surface area (Å²) in [7, 11) is -4.97.